The molecule has 5 heteroatoms. The fraction of sp³-hybridized carbons (Fsp3) is 0.609. The molecule has 1 aromatic carbocycles. The Hall–Kier alpha value is -2.01. The molecule has 1 aliphatic heterocycles. The van der Waals surface area contributed by atoms with Crippen LogP contribution in [0.4, 0.5) is 0 Å². The fourth-order valence-electron chi connectivity index (χ4n) is 4.20. The number of aryl methyl sites for hydroxylation is 1. The van der Waals surface area contributed by atoms with Gasteiger partial charge in [-0.25, -0.2) is 0 Å². The Bertz CT molecular complexity index is 755. The number of H-pyrrole nitrogens is 1. The normalized spacial score (nSPS) is 16.6. The van der Waals surface area contributed by atoms with Crippen LogP contribution >= 0.6 is 0 Å². The molecular formula is C23H37N5. The molecule has 2 aromatic rings. The minimum absolute atomic E-state index is 0.533. The Labute approximate surface area is 170 Å². The first kappa shape index (κ1) is 20.7. The molecule has 0 amide bonds. The lowest BCUT2D eigenvalue weighted by molar-refractivity contribution is 0.206. The number of para-hydroxylation sites is 1. The van der Waals surface area contributed by atoms with Gasteiger partial charge in [-0.15, -0.1) is 0 Å². The number of likely N-dealkylation sites (tertiary alicyclic amines) is 1. The van der Waals surface area contributed by atoms with Gasteiger partial charge in [-0.1, -0.05) is 32.0 Å². The van der Waals surface area contributed by atoms with Crippen molar-refractivity contribution in [3.8, 4) is 0 Å². The van der Waals surface area contributed by atoms with Crippen molar-refractivity contribution in [3.05, 3.63) is 35.5 Å². The largest absolute Gasteiger partial charge is 0.361 e. The monoisotopic (exact) mass is 383 g/mol. The van der Waals surface area contributed by atoms with E-state index in [1.54, 1.807) is 0 Å². The molecule has 0 spiro atoms. The Kier molecular flexibility index (Phi) is 7.78. The second-order valence-electron chi connectivity index (χ2n) is 7.78. The number of hydrogen-bond acceptors (Lipinski definition) is 2. The van der Waals surface area contributed by atoms with Gasteiger partial charge in [0.15, 0.2) is 5.96 Å². The predicted molar refractivity (Wildman–Crippen MR) is 120 cm³/mol. The molecule has 3 N–H and O–H groups in total. The van der Waals surface area contributed by atoms with E-state index in [1.807, 2.05) is 0 Å². The topological polar surface area (TPSA) is 55.5 Å². The zero-order valence-corrected chi connectivity index (χ0v) is 17.9. The lowest BCUT2D eigenvalue weighted by Gasteiger charge is -2.32. The van der Waals surface area contributed by atoms with Crippen LogP contribution in [0.3, 0.4) is 0 Å². The average Bonchev–Trinajstić information content (AvgIpc) is 3.13. The number of guanidine groups is 1. The summed E-state index contributed by atoms with van der Waals surface area (Å²) in [6.07, 6.45) is 7.82. The third-order valence-electron chi connectivity index (χ3n) is 5.73. The summed E-state index contributed by atoms with van der Waals surface area (Å²) in [5, 5.41) is 8.42. The number of hydrogen-bond donors (Lipinski definition) is 3. The molecular weight excluding hydrogens is 346 g/mol. The van der Waals surface area contributed by atoms with Crippen LogP contribution in [-0.2, 0) is 12.8 Å². The number of fused-ring (bicyclic) bond motifs is 1. The Morgan fingerprint density at radius 1 is 1.18 bits per heavy atom. The summed E-state index contributed by atoms with van der Waals surface area (Å²) in [4.78, 5) is 10.9. The second kappa shape index (κ2) is 10.5. The number of aliphatic imine (C=N–C) groups is 1. The van der Waals surface area contributed by atoms with E-state index in [0.29, 0.717) is 6.04 Å². The molecule has 0 bridgehead atoms. The van der Waals surface area contributed by atoms with Crippen molar-refractivity contribution in [2.24, 2.45) is 4.99 Å². The van der Waals surface area contributed by atoms with Crippen molar-refractivity contribution in [2.75, 3.05) is 32.7 Å². The quantitative estimate of drug-likeness (QED) is 0.481. The molecule has 3 rings (SSSR count). The first-order valence-electron chi connectivity index (χ1n) is 11.1. The highest BCUT2D eigenvalue weighted by molar-refractivity contribution is 5.86. The van der Waals surface area contributed by atoms with Gasteiger partial charge < -0.3 is 20.5 Å². The van der Waals surface area contributed by atoms with Gasteiger partial charge in [0.25, 0.3) is 0 Å². The van der Waals surface area contributed by atoms with Crippen molar-refractivity contribution < 1.29 is 0 Å². The standard InChI is InChI=1S/C23H37N5/c1-4-14-28-15-11-20(12-16-28)27-23(24-6-3)25-13-10-19-17-26-22-18(5-2)8-7-9-21(19)22/h7-9,17,20,26H,4-6,10-16H2,1-3H3,(H2,24,25,27). The van der Waals surface area contributed by atoms with E-state index in [4.69, 9.17) is 4.99 Å². The second-order valence-corrected chi connectivity index (χ2v) is 7.78. The Balaban J connectivity index is 1.56. The third-order valence-corrected chi connectivity index (χ3v) is 5.73. The molecule has 1 fully saturated rings. The van der Waals surface area contributed by atoms with Gasteiger partial charge in [-0.2, -0.15) is 0 Å². The van der Waals surface area contributed by atoms with Crippen molar-refractivity contribution in [3.63, 3.8) is 0 Å². The lowest BCUT2D eigenvalue weighted by atomic mass is 10.1. The fourth-order valence-corrected chi connectivity index (χ4v) is 4.20. The maximum absolute atomic E-state index is 4.85. The number of nitrogens with zero attached hydrogens (tertiary/aromatic N) is 2. The summed E-state index contributed by atoms with van der Waals surface area (Å²) in [6, 6.07) is 7.13. The highest BCUT2D eigenvalue weighted by Crippen LogP contribution is 2.22. The van der Waals surface area contributed by atoms with Crippen molar-refractivity contribution in [2.45, 2.75) is 58.9 Å². The summed E-state index contributed by atoms with van der Waals surface area (Å²) in [6.45, 7) is 11.9. The third kappa shape index (κ3) is 5.28. The lowest BCUT2D eigenvalue weighted by Crippen LogP contribution is -2.48. The van der Waals surface area contributed by atoms with Gasteiger partial charge >= 0.3 is 0 Å². The molecule has 1 aliphatic rings. The first-order valence-corrected chi connectivity index (χ1v) is 11.1. The highest BCUT2D eigenvalue weighted by Gasteiger charge is 2.19. The average molecular weight is 384 g/mol. The Morgan fingerprint density at radius 3 is 2.71 bits per heavy atom. The minimum Gasteiger partial charge on any atom is -0.361 e. The molecule has 0 atom stereocenters. The Morgan fingerprint density at radius 2 is 2.00 bits per heavy atom. The summed E-state index contributed by atoms with van der Waals surface area (Å²) in [7, 11) is 0. The molecule has 2 heterocycles. The molecule has 0 radical (unpaired) electrons. The van der Waals surface area contributed by atoms with Crippen LogP contribution in [0.15, 0.2) is 29.4 Å². The van der Waals surface area contributed by atoms with Crippen LogP contribution < -0.4 is 10.6 Å². The number of nitrogens with one attached hydrogen (secondary N) is 3. The summed E-state index contributed by atoms with van der Waals surface area (Å²) < 4.78 is 0. The molecule has 0 saturated carbocycles. The molecule has 1 aromatic heterocycles. The number of rotatable bonds is 8. The molecule has 1 saturated heterocycles. The van der Waals surface area contributed by atoms with Gasteiger partial charge in [0, 0.05) is 49.3 Å². The molecule has 28 heavy (non-hydrogen) atoms. The van der Waals surface area contributed by atoms with Gasteiger partial charge in [0.05, 0.1) is 0 Å². The van der Waals surface area contributed by atoms with Gasteiger partial charge in [0.1, 0.15) is 0 Å². The number of aromatic amines is 1. The van der Waals surface area contributed by atoms with Crippen LogP contribution in [-0.4, -0.2) is 54.6 Å². The first-order chi connectivity index (χ1) is 13.7. The molecule has 5 nitrogen and oxygen atoms in total. The van der Waals surface area contributed by atoms with Crippen LogP contribution in [0.5, 0.6) is 0 Å². The van der Waals surface area contributed by atoms with E-state index in [0.717, 1.165) is 31.9 Å². The van der Waals surface area contributed by atoms with E-state index in [-0.39, 0.29) is 0 Å². The molecule has 0 unspecified atom stereocenters. The van der Waals surface area contributed by atoms with Crippen LogP contribution in [0.1, 0.15) is 51.2 Å². The van der Waals surface area contributed by atoms with Crippen LogP contribution in [0.25, 0.3) is 10.9 Å². The number of aromatic nitrogens is 1. The van der Waals surface area contributed by atoms with Crippen LogP contribution in [0, 0.1) is 0 Å². The van der Waals surface area contributed by atoms with E-state index >= 15 is 0 Å². The summed E-state index contributed by atoms with van der Waals surface area (Å²) in [5.41, 5.74) is 4.03. The maximum Gasteiger partial charge on any atom is 0.191 e. The van der Waals surface area contributed by atoms with E-state index < -0.39 is 0 Å². The predicted octanol–water partition coefficient (Wildman–Crippen LogP) is 3.70. The van der Waals surface area contributed by atoms with E-state index in [2.05, 4.69) is 65.7 Å². The highest BCUT2D eigenvalue weighted by atomic mass is 15.2. The molecule has 154 valence electrons. The number of piperidine rings is 1. The maximum atomic E-state index is 4.85. The van der Waals surface area contributed by atoms with Crippen LogP contribution in [0.2, 0.25) is 0 Å². The van der Waals surface area contributed by atoms with Crippen molar-refractivity contribution in [1.82, 2.24) is 20.5 Å². The summed E-state index contributed by atoms with van der Waals surface area (Å²) in [5.74, 6) is 0.963. The van der Waals surface area contributed by atoms with Gasteiger partial charge in [-0.3, -0.25) is 4.99 Å². The smallest absolute Gasteiger partial charge is 0.191 e. The van der Waals surface area contributed by atoms with Gasteiger partial charge in [0.2, 0.25) is 0 Å². The van der Waals surface area contributed by atoms with E-state index in [1.165, 1.54) is 60.9 Å². The SMILES string of the molecule is CCCN1CCC(NC(=NCCc2c[nH]c3c(CC)cccc23)NCC)CC1. The minimum atomic E-state index is 0.533. The zero-order chi connectivity index (χ0) is 19.8. The zero-order valence-electron chi connectivity index (χ0n) is 17.9. The van der Waals surface area contributed by atoms with Crippen molar-refractivity contribution in [1.29, 1.82) is 0 Å². The van der Waals surface area contributed by atoms with E-state index in [9.17, 15) is 0 Å². The number of benzene rings is 1. The van der Waals surface area contributed by atoms with Gasteiger partial charge in [-0.05, 0) is 56.7 Å². The van der Waals surface area contributed by atoms with Crippen molar-refractivity contribution >= 4 is 16.9 Å². The molecule has 0 aliphatic carbocycles. The summed E-state index contributed by atoms with van der Waals surface area (Å²) >= 11 is 0.